The Labute approximate surface area is 101 Å². The minimum absolute atomic E-state index is 0.0248. The topological polar surface area (TPSA) is 70.7 Å². The summed E-state index contributed by atoms with van der Waals surface area (Å²) in [6, 6.07) is 0. The molecule has 16 heavy (non-hydrogen) atoms. The van der Waals surface area contributed by atoms with Crippen molar-refractivity contribution in [3.63, 3.8) is 0 Å². The number of aromatic hydroxyl groups is 1. The van der Waals surface area contributed by atoms with Crippen LogP contribution < -0.4 is 0 Å². The summed E-state index contributed by atoms with van der Waals surface area (Å²) in [5, 5.41) is 23.1. The average molecular weight is 286 g/mol. The predicted octanol–water partition coefficient (Wildman–Crippen LogP) is 1.35. The number of aryl methyl sites for hydroxylation is 2. The molecule has 6 heteroatoms. The van der Waals surface area contributed by atoms with Gasteiger partial charge in [-0.1, -0.05) is 0 Å². The highest BCUT2D eigenvalue weighted by Crippen LogP contribution is 2.27. The van der Waals surface area contributed by atoms with Crippen LogP contribution in [0.1, 0.15) is 17.0 Å². The summed E-state index contributed by atoms with van der Waals surface area (Å²) >= 11 is 3.38. The fraction of sp³-hybridized carbons (Fsp3) is 0.400. The monoisotopic (exact) mass is 285 g/mol. The van der Waals surface area contributed by atoms with Crippen LogP contribution in [-0.4, -0.2) is 31.4 Å². The summed E-state index contributed by atoms with van der Waals surface area (Å²) in [5.74, 6) is 0.0466. The maximum absolute atomic E-state index is 10.0. The van der Waals surface area contributed by atoms with Gasteiger partial charge in [0.2, 0.25) is 5.88 Å². The summed E-state index contributed by atoms with van der Waals surface area (Å²) in [6.07, 6.45) is 0.372. The molecule has 0 spiro atoms. The Bertz CT molecular complexity index is 551. The van der Waals surface area contributed by atoms with E-state index in [-0.39, 0.29) is 12.5 Å². The molecule has 0 bridgehead atoms. The standard InChI is InChI=1S/C10H12BrN3O2/c1-5-7(3-4-15)10(16)14-9(12-5)8(11)6(2)13-14/h15-16H,3-4H2,1-2H3. The van der Waals surface area contributed by atoms with E-state index in [0.717, 1.165) is 10.2 Å². The lowest BCUT2D eigenvalue weighted by Crippen LogP contribution is -2.03. The Morgan fingerprint density at radius 2 is 2.00 bits per heavy atom. The highest BCUT2D eigenvalue weighted by atomic mass is 79.9. The SMILES string of the molecule is Cc1nc2c(Br)c(C)nn2c(O)c1CCO. The molecule has 2 aromatic rings. The van der Waals surface area contributed by atoms with Gasteiger partial charge in [0, 0.05) is 24.3 Å². The van der Waals surface area contributed by atoms with Crippen molar-refractivity contribution in [1.82, 2.24) is 14.6 Å². The van der Waals surface area contributed by atoms with Crippen LogP contribution in [0.15, 0.2) is 4.47 Å². The number of hydrogen-bond donors (Lipinski definition) is 2. The van der Waals surface area contributed by atoms with Crippen molar-refractivity contribution in [2.24, 2.45) is 0 Å². The lowest BCUT2D eigenvalue weighted by Gasteiger charge is -2.07. The van der Waals surface area contributed by atoms with Gasteiger partial charge in [0.1, 0.15) is 0 Å². The molecule has 0 aliphatic heterocycles. The lowest BCUT2D eigenvalue weighted by molar-refractivity contribution is 0.295. The molecule has 0 amide bonds. The van der Waals surface area contributed by atoms with Gasteiger partial charge in [-0.2, -0.15) is 9.61 Å². The van der Waals surface area contributed by atoms with Gasteiger partial charge < -0.3 is 10.2 Å². The Balaban J connectivity index is 2.78. The molecule has 0 aliphatic carbocycles. The van der Waals surface area contributed by atoms with Crippen LogP contribution in [0, 0.1) is 13.8 Å². The molecular weight excluding hydrogens is 274 g/mol. The third-order valence-corrected chi connectivity index (χ3v) is 3.44. The first-order chi connectivity index (χ1) is 7.56. The van der Waals surface area contributed by atoms with Crippen molar-refractivity contribution in [3.8, 4) is 5.88 Å². The molecule has 0 saturated carbocycles. The van der Waals surface area contributed by atoms with Crippen molar-refractivity contribution >= 4 is 21.6 Å². The maximum Gasteiger partial charge on any atom is 0.219 e. The fourth-order valence-electron chi connectivity index (χ4n) is 1.66. The molecule has 0 radical (unpaired) electrons. The zero-order chi connectivity index (χ0) is 11.9. The number of aliphatic hydroxyl groups excluding tert-OH is 1. The van der Waals surface area contributed by atoms with E-state index in [1.807, 2.05) is 6.92 Å². The van der Waals surface area contributed by atoms with Gasteiger partial charge >= 0.3 is 0 Å². The second-order valence-electron chi connectivity index (χ2n) is 3.61. The van der Waals surface area contributed by atoms with Crippen LogP contribution in [0.2, 0.25) is 0 Å². The van der Waals surface area contributed by atoms with Gasteiger partial charge in [0.05, 0.1) is 10.2 Å². The lowest BCUT2D eigenvalue weighted by atomic mass is 10.2. The molecule has 0 unspecified atom stereocenters. The minimum Gasteiger partial charge on any atom is -0.493 e. The zero-order valence-corrected chi connectivity index (χ0v) is 10.6. The number of aliphatic hydroxyl groups is 1. The van der Waals surface area contributed by atoms with Gasteiger partial charge in [0.25, 0.3) is 0 Å². The molecular formula is C10H12BrN3O2. The van der Waals surface area contributed by atoms with Crippen LogP contribution in [0.5, 0.6) is 5.88 Å². The number of fused-ring (bicyclic) bond motifs is 1. The normalized spacial score (nSPS) is 11.2. The Morgan fingerprint density at radius 1 is 1.31 bits per heavy atom. The van der Waals surface area contributed by atoms with Crippen molar-refractivity contribution in [2.75, 3.05) is 6.61 Å². The second kappa shape index (κ2) is 4.03. The van der Waals surface area contributed by atoms with Crippen LogP contribution in [0.4, 0.5) is 0 Å². The summed E-state index contributed by atoms with van der Waals surface area (Å²) in [5.41, 5.74) is 2.70. The Hall–Kier alpha value is -1.14. The van der Waals surface area contributed by atoms with E-state index in [1.165, 1.54) is 4.52 Å². The summed E-state index contributed by atoms with van der Waals surface area (Å²) in [6.45, 7) is 3.61. The first-order valence-corrected chi connectivity index (χ1v) is 5.69. The van der Waals surface area contributed by atoms with E-state index in [4.69, 9.17) is 5.11 Å². The summed E-state index contributed by atoms with van der Waals surface area (Å²) in [7, 11) is 0. The van der Waals surface area contributed by atoms with Crippen molar-refractivity contribution < 1.29 is 10.2 Å². The van der Waals surface area contributed by atoms with E-state index in [0.29, 0.717) is 23.3 Å². The number of halogens is 1. The molecule has 0 aliphatic rings. The fourth-order valence-corrected chi connectivity index (χ4v) is 2.00. The second-order valence-corrected chi connectivity index (χ2v) is 4.40. The largest absolute Gasteiger partial charge is 0.493 e. The van der Waals surface area contributed by atoms with Crippen LogP contribution in [0.3, 0.4) is 0 Å². The smallest absolute Gasteiger partial charge is 0.219 e. The average Bonchev–Trinajstić information content (AvgIpc) is 2.52. The Kier molecular flexibility index (Phi) is 2.86. The van der Waals surface area contributed by atoms with Gasteiger partial charge in [-0.15, -0.1) is 0 Å². The number of nitrogens with zero attached hydrogens (tertiary/aromatic N) is 3. The quantitative estimate of drug-likeness (QED) is 0.874. The highest BCUT2D eigenvalue weighted by molar-refractivity contribution is 9.10. The molecule has 0 aromatic carbocycles. The summed E-state index contributed by atoms with van der Waals surface area (Å²) in [4.78, 5) is 4.36. The molecule has 2 heterocycles. The van der Waals surface area contributed by atoms with Gasteiger partial charge in [-0.05, 0) is 29.8 Å². The molecule has 0 saturated heterocycles. The molecule has 2 N–H and O–H groups in total. The van der Waals surface area contributed by atoms with E-state index < -0.39 is 0 Å². The zero-order valence-electron chi connectivity index (χ0n) is 9.03. The molecule has 5 nitrogen and oxygen atoms in total. The number of rotatable bonds is 2. The first kappa shape index (κ1) is 11.3. The highest BCUT2D eigenvalue weighted by Gasteiger charge is 2.16. The number of hydrogen-bond acceptors (Lipinski definition) is 4. The first-order valence-electron chi connectivity index (χ1n) is 4.90. The minimum atomic E-state index is -0.0248. The van der Waals surface area contributed by atoms with Crippen LogP contribution in [0.25, 0.3) is 5.65 Å². The maximum atomic E-state index is 10.0. The van der Waals surface area contributed by atoms with Crippen LogP contribution >= 0.6 is 15.9 Å². The van der Waals surface area contributed by atoms with Crippen molar-refractivity contribution in [2.45, 2.75) is 20.3 Å². The molecule has 86 valence electrons. The van der Waals surface area contributed by atoms with Crippen molar-refractivity contribution in [1.29, 1.82) is 0 Å². The van der Waals surface area contributed by atoms with Crippen LogP contribution in [-0.2, 0) is 6.42 Å². The van der Waals surface area contributed by atoms with E-state index in [2.05, 4.69) is 26.0 Å². The third-order valence-electron chi connectivity index (χ3n) is 2.51. The van der Waals surface area contributed by atoms with E-state index >= 15 is 0 Å². The molecule has 2 rings (SSSR count). The number of aromatic nitrogens is 3. The molecule has 0 fully saturated rings. The Morgan fingerprint density at radius 3 is 2.62 bits per heavy atom. The van der Waals surface area contributed by atoms with Gasteiger partial charge in [-0.25, -0.2) is 4.98 Å². The van der Waals surface area contributed by atoms with Gasteiger partial charge in [0.15, 0.2) is 5.65 Å². The predicted molar refractivity (Wildman–Crippen MR) is 62.6 cm³/mol. The summed E-state index contributed by atoms with van der Waals surface area (Å²) < 4.78 is 2.17. The molecule has 0 atom stereocenters. The van der Waals surface area contributed by atoms with E-state index in [9.17, 15) is 5.11 Å². The third kappa shape index (κ3) is 1.58. The van der Waals surface area contributed by atoms with E-state index in [1.54, 1.807) is 6.92 Å². The van der Waals surface area contributed by atoms with Gasteiger partial charge in [-0.3, -0.25) is 0 Å². The van der Waals surface area contributed by atoms with Crippen molar-refractivity contribution in [3.05, 3.63) is 21.4 Å². The molecule has 2 aromatic heterocycles.